The van der Waals surface area contributed by atoms with Crippen LogP contribution in [-0.4, -0.2) is 51.5 Å². The van der Waals surface area contributed by atoms with Gasteiger partial charge < -0.3 is 19.1 Å². The molecular weight excluding hydrogens is 272 g/mol. The third-order valence-electron chi connectivity index (χ3n) is 2.89. The van der Waals surface area contributed by atoms with Crippen molar-refractivity contribution in [1.82, 2.24) is 4.98 Å². The number of esters is 1. The van der Waals surface area contributed by atoms with Gasteiger partial charge in [0.25, 0.3) is 0 Å². The van der Waals surface area contributed by atoms with Crippen LogP contribution in [0.2, 0.25) is 0 Å². The minimum Gasteiger partial charge on any atom is -0.490 e. The fraction of sp³-hybridized carbons (Fsp3) is 0.600. The van der Waals surface area contributed by atoms with Crippen molar-refractivity contribution in [2.24, 2.45) is 0 Å². The molecule has 1 rings (SSSR count). The van der Waals surface area contributed by atoms with E-state index >= 15 is 0 Å². The summed E-state index contributed by atoms with van der Waals surface area (Å²) in [5.41, 5.74) is 0. The number of aromatic nitrogens is 1. The number of anilines is 1. The molecule has 0 amide bonds. The van der Waals surface area contributed by atoms with Gasteiger partial charge in [0.15, 0.2) is 11.6 Å². The maximum absolute atomic E-state index is 11.3. The van der Waals surface area contributed by atoms with Crippen molar-refractivity contribution in [1.29, 1.82) is 0 Å². The number of hydrogen-bond acceptors (Lipinski definition) is 6. The molecule has 0 spiro atoms. The summed E-state index contributed by atoms with van der Waals surface area (Å²) in [4.78, 5) is 17.7. The standard InChI is InChI=1S/C15H24N2O4/c1-4-11-21-13-6-5-8-16-15(13)17(10-12-19-2)9-7-14(18)20-3/h5-6,8H,4,7,9-12H2,1-3H3. The van der Waals surface area contributed by atoms with Crippen molar-refractivity contribution in [2.45, 2.75) is 19.8 Å². The Morgan fingerprint density at radius 3 is 2.76 bits per heavy atom. The molecule has 0 aliphatic rings. The van der Waals surface area contributed by atoms with Crippen LogP contribution in [0.5, 0.6) is 5.75 Å². The third-order valence-corrected chi connectivity index (χ3v) is 2.89. The van der Waals surface area contributed by atoms with Crippen molar-refractivity contribution in [2.75, 3.05) is 45.4 Å². The van der Waals surface area contributed by atoms with E-state index < -0.39 is 0 Å². The van der Waals surface area contributed by atoms with Gasteiger partial charge in [0.2, 0.25) is 0 Å². The highest BCUT2D eigenvalue weighted by molar-refractivity contribution is 5.70. The number of rotatable bonds is 10. The van der Waals surface area contributed by atoms with Crippen molar-refractivity contribution in [3.63, 3.8) is 0 Å². The Hall–Kier alpha value is -1.82. The molecule has 6 heteroatoms. The molecule has 0 aliphatic carbocycles. The fourth-order valence-corrected chi connectivity index (χ4v) is 1.80. The zero-order valence-electron chi connectivity index (χ0n) is 13.0. The monoisotopic (exact) mass is 296 g/mol. The topological polar surface area (TPSA) is 60.9 Å². The summed E-state index contributed by atoms with van der Waals surface area (Å²) < 4.78 is 15.5. The summed E-state index contributed by atoms with van der Waals surface area (Å²) in [6.07, 6.45) is 2.94. The van der Waals surface area contributed by atoms with E-state index in [-0.39, 0.29) is 5.97 Å². The largest absolute Gasteiger partial charge is 0.490 e. The average molecular weight is 296 g/mol. The summed E-state index contributed by atoms with van der Waals surface area (Å²) in [6, 6.07) is 3.72. The number of carbonyl (C=O) groups excluding carboxylic acids is 1. The minimum atomic E-state index is -0.246. The highest BCUT2D eigenvalue weighted by atomic mass is 16.5. The number of pyridine rings is 1. The van der Waals surface area contributed by atoms with Crippen LogP contribution in [0, 0.1) is 0 Å². The maximum atomic E-state index is 11.3. The predicted molar refractivity (Wildman–Crippen MR) is 80.7 cm³/mol. The third kappa shape index (κ3) is 5.99. The van der Waals surface area contributed by atoms with Crippen molar-refractivity contribution < 1.29 is 19.0 Å². The SMILES string of the molecule is CCCOc1cccnc1N(CCOC)CCC(=O)OC. The molecule has 0 fully saturated rings. The van der Waals surface area contributed by atoms with Crippen LogP contribution in [-0.2, 0) is 14.3 Å². The Morgan fingerprint density at radius 1 is 1.29 bits per heavy atom. The summed E-state index contributed by atoms with van der Waals surface area (Å²) >= 11 is 0. The summed E-state index contributed by atoms with van der Waals surface area (Å²) in [6.45, 7) is 4.37. The van der Waals surface area contributed by atoms with Crippen LogP contribution in [0.25, 0.3) is 0 Å². The fourth-order valence-electron chi connectivity index (χ4n) is 1.80. The summed E-state index contributed by atoms with van der Waals surface area (Å²) in [5, 5.41) is 0. The average Bonchev–Trinajstić information content (AvgIpc) is 2.53. The molecule has 0 atom stereocenters. The van der Waals surface area contributed by atoms with Crippen LogP contribution in [0.1, 0.15) is 19.8 Å². The van der Waals surface area contributed by atoms with E-state index in [1.165, 1.54) is 7.11 Å². The first-order valence-corrected chi connectivity index (χ1v) is 7.11. The molecule has 21 heavy (non-hydrogen) atoms. The molecule has 0 radical (unpaired) electrons. The Morgan fingerprint density at radius 2 is 2.10 bits per heavy atom. The molecule has 0 aliphatic heterocycles. The van der Waals surface area contributed by atoms with E-state index in [4.69, 9.17) is 9.47 Å². The molecule has 0 N–H and O–H groups in total. The molecule has 0 aromatic carbocycles. The molecule has 118 valence electrons. The van der Waals surface area contributed by atoms with E-state index in [9.17, 15) is 4.79 Å². The number of ether oxygens (including phenoxy) is 3. The van der Waals surface area contributed by atoms with Gasteiger partial charge in [-0.3, -0.25) is 4.79 Å². The molecular formula is C15H24N2O4. The van der Waals surface area contributed by atoms with E-state index in [2.05, 4.69) is 16.6 Å². The lowest BCUT2D eigenvalue weighted by molar-refractivity contribution is -0.140. The lowest BCUT2D eigenvalue weighted by atomic mass is 10.3. The van der Waals surface area contributed by atoms with Crippen molar-refractivity contribution in [3.05, 3.63) is 18.3 Å². The number of nitrogens with zero attached hydrogens (tertiary/aromatic N) is 2. The zero-order chi connectivity index (χ0) is 15.5. The first-order valence-electron chi connectivity index (χ1n) is 7.11. The van der Waals surface area contributed by atoms with Crippen LogP contribution < -0.4 is 9.64 Å². The van der Waals surface area contributed by atoms with Crippen LogP contribution in [0.3, 0.4) is 0 Å². The first kappa shape index (κ1) is 17.2. The van der Waals surface area contributed by atoms with Crippen LogP contribution >= 0.6 is 0 Å². The Kier molecular flexibility index (Phi) is 8.19. The van der Waals surface area contributed by atoms with Crippen LogP contribution in [0.15, 0.2) is 18.3 Å². The van der Waals surface area contributed by atoms with E-state index in [1.54, 1.807) is 13.3 Å². The van der Waals surface area contributed by atoms with Crippen molar-refractivity contribution >= 4 is 11.8 Å². The molecule has 1 aromatic heterocycles. The van der Waals surface area contributed by atoms with Crippen LogP contribution in [0.4, 0.5) is 5.82 Å². The summed E-state index contributed by atoms with van der Waals surface area (Å²) in [5.74, 6) is 1.21. The maximum Gasteiger partial charge on any atom is 0.307 e. The predicted octanol–water partition coefficient (Wildman–Crippen LogP) is 1.89. The van der Waals surface area contributed by atoms with Gasteiger partial charge in [0, 0.05) is 26.4 Å². The van der Waals surface area contributed by atoms with E-state index in [1.807, 2.05) is 17.0 Å². The second kappa shape index (κ2) is 9.99. The van der Waals surface area contributed by atoms with Gasteiger partial charge in [-0.2, -0.15) is 0 Å². The highest BCUT2D eigenvalue weighted by Crippen LogP contribution is 2.25. The first-order chi connectivity index (χ1) is 10.2. The Balaban J connectivity index is 2.82. The normalized spacial score (nSPS) is 10.2. The molecule has 6 nitrogen and oxygen atoms in total. The summed E-state index contributed by atoms with van der Waals surface area (Å²) in [7, 11) is 3.03. The van der Waals surface area contributed by atoms with Gasteiger partial charge >= 0.3 is 5.97 Å². The van der Waals surface area contributed by atoms with Gasteiger partial charge in [-0.1, -0.05) is 6.92 Å². The van der Waals surface area contributed by atoms with Gasteiger partial charge in [-0.25, -0.2) is 4.98 Å². The second-order valence-corrected chi connectivity index (χ2v) is 4.48. The van der Waals surface area contributed by atoms with Crippen molar-refractivity contribution in [3.8, 4) is 5.75 Å². The molecule has 1 heterocycles. The number of methoxy groups -OCH3 is 2. The van der Waals surface area contributed by atoms with Gasteiger partial charge in [-0.15, -0.1) is 0 Å². The molecule has 1 aromatic rings. The van der Waals surface area contributed by atoms with Gasteiger partial charge in [0.05, 0.1) is 26.7 Å². The number of hydrogen-bond donors (Lipinski definition) is 0. The lowest BCUT2D eigenvalue weighted by Gasteiger charge is -2.24. The van der Waals surface area contributed by atoms with Gasteiger partial charge in [0.1, 0.15) is 0 Å². The molecule has 0 bridgehead atoms. The molecule has 0 saturated carbocycles. The van der Waals surface area contributed by atoms with Gasteiger partial charge in [-0.05, 0) is 18.6 Å². The zero-order valence-corrected chi connectivity index (χ0v) is 13.0. The smallest absolute Gasteiger partial charge is 0.307 e. The lowest BCUT2D eigenvalue weighted by Crippen LogP contribution is -2.31. The molecule has 0 saturated heterocycles. The Bertz CT molecular complexity index is 426. The quantitative estimate of drug-likeness (QED) is 0.614. The Labute approximate surface area is 126 Å². The molecule has 0 unspecified atom stereocenters. The van der Waals surface area contributed by atoms with E-state index in [0.717, 1.165) is 18.0 Å². The second-order valence-electron chi connectivity index (χ2n) is 4.48. The highest BCUT2D eigenvalue weighted by Gasteiger charge is 2.15. The number of carbonyl (C=O) groups is 1. The van der Waals surface area contributed by atoms with E-state index in [0.29, 0.717) is 32.7 Å². The minimum absolute atomic E-state index is 0.246.